The number of ether oxygens (including phenoxy) is 2. The van der Waals surface area contributed by atoms with Crippen molar-refractivity contribution in [1.29, 1.82) is 0 Å². The lowest BCUT2D eigenvalue weighted by Gasteiger charge is -2.30. The lowest BCUT2D eigenvalue weighted by atomic mass is 9.99. The highest BCUT2D eigenvalue weighted by Gasteiger charge is 2.23. The van der Waals surface area contributed by atoms with Crippen LogP contribution in [-0.2, 0) is 9.47 Å². The summed E-state index contributed by atoms with van der Waals surface area (Å²) >= 11 is 0. The van der Waals surface area contributed by atoms with E-state index in [9.17, 15) is 0 Å². The molecule has 0 rings (SSSR count). The van der Waals surface area contributed by atoms with Crippen LogP contribution in [-0.4, -0.2) is 31.5 Å². The van der Waals surface area contributed by atoms with Gasteiger partial charge < -0.3 is 15.2 Å². The standard InChI is InChI=1S/C12H27NO2/c1-6-12(4,14-5)8-10-15-11(2,3)7-9-13/h6-10,13H2,1-5H3. The summed E-state index contributed by atoms with van der Waals surface area (Å²) in [4.78, 5) is 0. The van der Waals surface area contributed by atoms with Crippen LogP contribution in [0.5, 0.6) is 0 Å². The first-order chi connectivity index (χ1) is 6.89. The maximum Gasteiger partial charge on any atom is 0.0670 e. The third kappa shape index (κ3) is 6.13. The van der Waals surface area contributed by atoms with E-state index in [1.165, 1.54) is 0 Å². The second-order valence-electron chi connectivity index (χ2n) is 4.90. The van der Waals surface area contributed by atoms with Crippen LogP contribution < -0.4 is 5.73 Å². The van der Waals surface area contributed by atoms with E-state index in [1.807, 2.05) is 0 Å². The van der Waals surface area contributed by atoms with Crippen molar-refractivity contribution in [3.63, 3.8) is 0 Å². The first-order valence-corrected chi connectivity index (χ1v) is 5.78. The van der Waals surface area contributed by atoms with E-state index in [1.54, 1.807) is 7.11 Å². The number of hydrogen-bond acceptors (Lipinski definition) is 3. The minimum atomic E-state index is -0.114. The number of rotatable bonds is 8. The van der Waals surface area contributed by atoms with Crippen molar-refractivity contribution in [3.8, 4) is 0 Å². The maximum atomic E-state index is 5.81. The predicted octanol–water partition coefficient (Wildman–Crippen LogP) is 2.34. The van der Waals surface area contributed by atoms with E-state index in [0.29, 0.717) is 6.54 Å². The van der Waals surface area contributed by atoms with Crippen LogP contribution in [0.3, 0.4) is 0 Å². The Hall–Kier alpha value is -0.120. The molecule has 0 fully saturated rings. The van der Waals surface area contributed by atoms with Crippen molar-refractivity contribution in [2.75, 3.05) is 20.3 Å². The largest absolute Gasteiger partial charge is 0.378 e. The molecule has 0 bridgehead atoms. The maximum absolute atomic E-state index is 5.81. The molecule has 0 heterocycles. The van der Waals surface area contributed by atoms with Crippen molar-refractivity contribution in [2.45, 2.75) is 58.2 Å². The SMILES string of the molecule is CCC(C)(CCOC(C)(C)CCN)OC. The average Bonchev–Trinajstić information content (AvgIpc) is 2.17. The highest BCUT2D eigenvalue weighted by atomic mass is 16.5. The van der Waals surface area contributed by atoms with Gasteiger partial charge in [0.25, 0.3) is 0 Å². The summed E-state index contributed by atoms with van der Waals surface area (Å²) < 4.78 is 11.3. The normalized spacial score (nSPS) is 16.4. The molecule has 1 unspecified atom stereocenters. The Kier molecular flexibility index (Phi) is 6.41. The molecule has 0 saturated carbocycles. The van der Waals surface area contributed by atoms with Gasteiger partial charge in [-0.25, -0.2) is 0 Å². The van der Waals surface area contributed by atoms with Crippen LogP contribution in [0.25, 0.3) is 0 Å². The van der Waals surface area contributed by atoms with Gasteiger partial charge in [-0.1, -0.05) is 6.92 Å². The molecule has 0 radical (unpaired) electrons. The molecule has 2 N–H and O–H groups in total. The van der Waals surface area contributed by atoms with Crippen molar-refractivity contribution < 1.29 is 9.47 Å². The van der Waals surface area contributed by atoms with Gasteiger partial charge in [-0.05, 0) is 46.6 Å². The lowest BCUT2D eigenvalue weighted by Crippen LogP contribution is -2.33. The fourth-order valence-electron chi connectivity index (χ4n) is 1.39. The van der Waals surface area contributed by atoms with Gasteiger partial charge >= 0.3 is 0 Å². The van der Waals surface area contributed by atoms with Gasteiger partial charge in [0.15, 0.2) is 0 Å². The number of methoxy groups -OCH3 is 1. The van der Waals surface area contributed by atoms with Gasteiger partial charge in [0.1, 0.15) is 0 Å². The predicted molar refractivity (Wildman–Crippen MR) is 64.0 cm³/mol. The van der Waals surface area contributed by atoms with Gasteiger partial charge in [-0.15, -0.1) is 0 Å². The lowest BCUT2D eigenvalue weighted by molar-refractivity contribution is -0.0676. The zero-order valence-electron chi connectivity index (χ0n) is 10.9. The first kappa shape index (κ1) is 14.9. The molecule has 0 aliphatic carbocycles. The van der Waals surface area contributed by atoms with Gasteiger partial charge in [0.05, 0.1) is 17.8 Å². The fraction of sp³-hybridized carbons (Fsp3) is 1.00. The minimum absolute atomic E-state index is 0.0568. The minimum Gasteiger partial charge on any atom is -0.378 e. The summed E-state index contributed by atoms with van der Waals surface area (Å²) in [7, 11) is 1.76. The Morgan fingerprint density at radius 2 is 1.73 bits per heavy atom. The highest BCUT2D eigenvalue weighted by molar-refractivity contribution is 4.74. The van der Waals surface area contributed by atoms with Crippen molar-refractivity contribution in [2.24, 2.45) is 5.73 Å². The zero-order valence-corrected chi connectivity index (χ0v) is 10.9. The van der Waals surface area contributed by atoms with Gasteiger partial charge in [-0.2, -0.15) is 0 Å². The Bertz CT molecular complexity index is 165. The molecule has 3 heteroatoms. The van der Waals surface area contributed by atoms with Crippen molar-refractivity contribution in [1.82, 2.24) is 0 Å². The van der Waals surface area contributed by atoms with Crippen LogP contribution in [0, 0.1) is 0 Å². The zero-order chi connectivity index (χ0) is 11.9. The summed E-state index contributed by atoms with van der Waals surface area (Å²) in [6, 6.07) is 0. The van der Waals surface area contributed by atoms with E-state index in [0.717, 1.165) is 25.9 Å². The van der Waals surface area contributed by atoms with E-state index < -0.39 is 0 Å². The molecule has 0 aliphatic rings. The van der Waals surface area contributed by atoms with Crippen molar-refractivity contribution in [3.05, 3.63) is 0 Å². The van der Waals surface area contributed by atoms with Gasteiger partial charge in [-0.3, -0.25) is 0 Å². The number of nitrogens with two attached hydrogens (primary N) is 1. The molecule has 0 aliphatic heterocycles. The molecule has 15 heavy (non-hydrogen) atoms. The number of hydrogen-bond donors (Lipinski definition) is 1. The van der Waals surface area contributed by atoms with E-state index in [-0.39, 0.29) is 11.2 Å². The fourth-order valence-corrected chi connectivity index (χ4v) is 1.39. The van der Waals surface area contributed by atoms with Crippen LogP contribution >= 0.6 is 0 Å². The Balaban J connectivity index is 3.87. The van der Waals surface area contributed by atoms with Crippen LogP contribution in [0.2, 0.25) is 0 Å². The third-order valence-electron chi connectivity index (χ3n) is 3.11. The Morgan fingerprint density at radius 1 is 1.13 bits per heavy atom. The van der Waals surface area contributed by atoms with Crippen LogP contribution in [0.15, 0.2) is 0 Å². The van der Waals surface area contributed by atoms with Gasteiger partial charge in [0, 0.05) is 7.11 Å². The summed E-state index contributed by atoms with van der Waals surface area (Å²) in [6.07, 6.45) is 2.82. The van der Waals surface area contributed by atoms with Crippen LogP contribution in [0.4, 0.5) is 0 Å². The average molecular weight is 217 g/mol. The van der Waals surface area contributed by atoms with Gasteiger partial charge in [0.2, 0.25) is 0 Å². The molecule has 0 aromatic heterocycles. The second-order valence-corrected chi connectivity index (χ2v) is 4.90. The molecule has 92 valence electrons. The molecule has 0 saturated heterocycles. The molecule has 0 aromatic rings. The third-order valence-corrected chi connectivity index (χ3v) is 3.11. The smallest absolute Gasteiger partial charge is 0.0670 e. The molecule has 0 amide bonds. The second kappa shape index (κ2) is 6.46. The summed E-state index contributed by atoms with van der Waals surface area (Å²) in [6.45, 7) is 9.81. The quantitative estimate of drug-likeness (QED) is 0.678. The monoisotopic (exact) mass is 217 g/mol. The molecule has 3 nitrogen and oxygen atoms in total. The Labute approximate surface area is 94.3 Å². The van der Waals surface area contributed by atoms with E-state index in [2.05, 4.69) is 27.7 Å². The van der Waals surface area contributed by atoms with E-state index in [4.69, 9.17) is 15.2 Å². The molecular weight excluding hydrogens is 190 g/mol. The summed E-state index contributed by atoms with van der Waals surface area (Å²) in [5.74, 6) is 0. The van der Waals surface area contributed by atoms with Crippen molar-refractivity contribution >= 4 is 0 Å². The van der Waals surface area contributed by atoms with Crippen LogP contribution in [0.1, 0.15) is 47.0 Å². The molecule has 0 spiro atoms. The molecule has 1 atom stereocenters. The highest BCUT2D eigenvalue weighted by Crippen LogP contribution is 2.21. The summed E-state index contributed by atoms with van der Waals surface area (Å²) in [5.41, 5.74) is 5.35. The molecule has 0 aromatic carbocycles. The summed E-state index contributed by atoms with van der Waals surface area (Å²) in [5, 5.41) is 0. The topological polar surface area (TPSA) is 44.5 Å². The first-order valence-electron chi connectivity index (χ1n) is 5.78. The molecular formula is C12H27NO2. The van der Waals surface area contributed by atoms with E-state index >= 15 is 0 Å². The Morgan fingerprint density at radius 3 is 2.13 bits per heavy atom.